The van der Waals surface area contributed by atoms with E-state index in [1.165, 1.54) is 16.7 Å². The smallest absolute Gasteiger partial charge is 0.148 e. The second kappa shape index (κ2) is 19.3. The van der Waals surface area contributed by atoms with Crippen molar-refractivity contribution < 1.29 is 27.5 Å². The van der Waals surface area contributed by atoms with Crippen LogP contribution >= 0.6 is 0 Å². The summed E-state index contributed by atoms with van der Waals surface area (Å²) in [5, 5.41) is 12.5. The van der Waals surface area contributed by atoms with Crippen LogP contribution in [0.2, 0.25) is 0 Å². The maximum Gasteiger partial charge on any atom is 0.148 e. The van der Waals surface area contributed by atoms with E-state index >= 15 is 0 Å². The Morgan fingerprint density at radius 1 is 0.603 bits per heavy atom. The Hall–Kier alpha value is -6.35. The van der Waals surface area contributed by atoms with Crippen molar-refractivity contribution in [1.82, 2.24) is 14.5 Å². The van der Waals surface area contributed by atoms with E-state index in [9.17, 15) is 5.11 Å². The zero-order valence-corrected chi connectivity index (χ0v) is 43.3. The number of fused-ring (bicyclic) bond motifs is 1. The molecule has 0 bridgehead atoms. The number of hydrogen-bond donors (Lipinski definition) is 1. The molecule has 0 amide bonds. The van der Waals surface area contributed by atoms with Crippen molar-refractivity contribution in [3.05, 3.63) is 192 Å². The van der Waals surface area contributed by atoms with Gasteiger partial charge in [-0.15, -0.1) is 23.8 Å². The predicted octanol–water partition coefficient (Wildman–Crippen LogP) is 16.8. The number of aromatic nitrogens is 3. The molecule has 0 radical (unpaired) electrons. The molecule has 0 atom stereocenters. The SMILES string of the molecule is [2H]C(C)(C)c1ccc(-c2ccnc(-c3[c-]c(-c4cccc5c4nc(-c4cc(C(C)(C)C)cc(C(C)(C)C)c4O)n5-c4ccc(-c5ccccc5)c(CC(C)C)c4)cc(-c4ccccc4)c3)c2)cc1.[Pt]. The van der Waals surface area contributed by atoms with E-state index in [4.69, 9.17) is 11.3 Å². The summed E-state index contributed by atoms with van der Waals surface area (Å²) in [7, 11) is 0. The number of para-hydroxylation sites is 1. The molecule has 0 fully saturated rings. The van der Waals surface area contributed by atoms with Gasteiger partial charge in [-0.05, 0) is 104 Å². The molecule has 346 valence electrons. The van der Waals surface area contributed by atoms with E-state index in [2.05, 4.69) is 199 Å². The minimum atomic E-state index is -0.680. The first-order valence-corrected chi connectivity index (χ1v) is 23.6. The molecule has 0 saturated heterocycles. The third-order valence-corrected chi connectivity index (χ3v) is 12.9. The average molecular weight is 1070 g/mol. The van der Waals surface area contributed by atoms with Crippen molar-refractivity contribution >= 4 is 11.0 Å². The maximum atomic E-state index is 12.5. The van der Waals surface area contributed by atoms with Gasteiger partial charge in [0.15, 0.2) is 0 Å². The van der Waals surface area contributed by atoms with Crippen LogP contribution in [0.1, 0.15) is 98.8 Å². The fraction of sp³-hybridized carbons (Fsp3) is 0.238. The fourth-order valence-electron chi connectivity index (χ4n) is 9.20. The number of phenolic OH excluding ortho intramolecular Hbond substituents is 1. The van der Waals surface area contributed by atoms with Gasteiger partial charge in [-0.2, -0.15) is 0 Å². The molecule has 2 aromatic heterocycles. The molecule has 0 aliphatic heterocycles. The number of hydrogen-bond acceptors (Lipinski definition) is 3. The number of benzene rings is 7. The molecule has 0 unspecified atom stereocenters. The molecule has 0 aliphatic rings. The standard InChI is InChI=1S/C63H62N3O.Pt/c1-40(2)32-48-36-52(28-29-53(48)45-20-15-12-16-21-45)66-58-23-17-22-54(59(58)65-61(66)55-38-51(62(5,6)7)39-56(60(55)67)63(8,9)10)49-33-47(43-18-13-11-14-19-43)34-50(35-49)57-37-46(30-31-64-57)44-26-24-42(25-27-44)41(3)4;/h11-31,33-34,36-41,67H,32H2,1-10H3;/q-1;/i41D;. The third-order valence-electron chi connectivity index (χ3n) is 12.9. The van der Waals surface area contributed by atoms with Gasteiger partial charge in [0.05, 0.1) is 16.6 Å². The van der Waals surface area contributed by atoms with Gasteiger partial charge < -0.3 is 5.11 Å². The Balaban J connectivity index is 0.00000642. The average Bonchev–Trinajstić information content (AvgIpc) is 3.70. The minimum Gasteiger partial charge on any atom is -0.507 e. The second-order valence-electron chi connectivity index (χ2n) is 20.7. The summed E-state index contributed by atoms with van der Waals surface area (Å²) in [4.78, 5) is 10.6. The maximum absolute atomic E-state index is 12.5. The van der Waals surface area contributed by atoms with Crippen molar-refractivity contribution in [3.8, 4) is 78.6 Å². The summed E-state index contributed by atoms with van der Waals surface area (Å²) in [6, 6.07) is 59.3. The third kappa shape index (κ3) is 9.81. The molecular weight excluding hydrogens is 1010 g/mol. The zero-order valence-electron chi connectivity index (χ0n) is 42.0. The molecule has 1 N–H and O–H groups in total. The summed E-state index contributed by atoms with van der Waals surface area (Å²) in [5.41, 5.74) is 17.3. The van der Waals surface area contributed by atoms with Crippen LogP contribution < -0.4 is 0 Å². The van der Waals surface area contributed by atoms with Crippen LogP contribution in [0.25, 0.3) is 83.9 Å². The van der Waals surface area contributed by atoms with Gasteiger partial charge in [0.2, 0.25) is 0 Å². The van der Waals surface area contributed by atoms with Gasteiger partial charge in [0.25, 0.3) is 0 Å². The molecule has 0 saturated carbocycles. The minimum absolute atomic E-state index is 0. The Labute approximate surface area is 419 Å². The van der Waals surface area contributed by atoms with Crippen LogP contribution in [-0.4, -0.2) is 19.6 Å². The first-order chi connectivity index (χ1) is 32.3. The van der Waals surface area contributed by atoms with E-state index in [1.54, 1.807) is 0 Å². The number of aromatic hydroxyl groups is 1. The van der Waals surface area contributed by atoms with E-state index in [0.29, 0.717) is 17.3 Å². The van der Waals surface area contributed by atoms with Gasteiger partial charge in [0, 0.05) is 45.6 Å². The van der Waals surface area contributed by atoms with Crippen LogP contribution in [0.15, 0.2) is 164 Å². The van der Waals surface area contributed by atoms with Crippen molar-refractivity contribution in [2.75, 3.05) is 0 Å². The fourth-order valence-corrected chi connectivity index (χ4v) is 9.20. The van der Waals surface area contributed by atoms with Crippen molar-refractivity contribution in [2.24, 2.45) is 5.92 Å². The van der Waals surface area contributed by atoms with Crippen LogP contribution in [0.5, 0.6) is 5.75 Å². The van der Waals surface area contributed by atoms with Crippen molar-refractivity contribution in [1.29, 1.82) is 0 Å². The van der Waals surface area contributed by atoms with Crippen LogP contribution in [0.3, 0.4) is 0 Å². The first kappa shape index (κ1) is 46.7. The number of phenols is 1. The summed E-state index contributed by atoms with van der Waals surface area (Å²) >= 11 is 0. The van der Waals surface area contributed by atoms with Crippen LogP contribution in [0.4, 0.5) is 0 Å². The van der Waals surface area contributed by atoms with Gasteiger partial charge in [0.1, 0.15) is 11.6 Å². The Morgan fingerprint density at radius 2 is 1.26 bits per heavy atom. The summed E-state index contributed by atoms with van der Waals surface area (Å²) in [6.07, 6.45) is 2.77. The molecule has 0 aliphatic carbocycles. The molecule has 0 spiro atoms. The summed E-state index contributed by atoms with van der Waals surface area (Å²) < 4.78 is 10.8. The van der Waals surface area contributed by atoms with Gasteiger partial charge in [-0.3, -0.25) is 9.55 Å². The van der Waals surface area contributed by atoms with Gasteiger partial charge in [-0.25, -0.2) is 4.98 Å². The molecule has 4 nitrogen and oxygen atoms in total. The Morgan fingerprint density at radius 3 is 1.91 bits per heavy atom. The van der Waals surface area contributed by atoms with E-state index in [0.717, 1.165) is 84.5 Å². The monoisotopic (exact) mass is 1070 g/mol. The van der Waals surface area contributed by atoms with Crippen LogP contribution in [-0.2, 0) is 38.3 Å². The first-order valence-electron chi connectivity index (χ1n) is 24.1. The number of imidazole rings is 1. The predicted molar refractivity (Wildman–Crippen MR) is 282 cm³/mol. The number of rotatable bonds is 10. The van der Waals surface area contributed by atoms with E-state index in [1.807, 2.05) is 44.3 Å². The topological polar surface area (TPSA) is 50.9 Å². The van der Waals surface area contributed by atoms with E-state index in [-0.39, 0.29) is 37.6 Å². The quantitative estimate of drug-likeness (QED) is 0.139. The normalized spacial score (nSPS) is 12.3. The summed E-state index contributed by atoms with van der Waals surface area (Å²) in [5.74, 6) is 0.674. The number of nitrogens with zero attached hydrogens (tertiary/aromatic N) is 3. The van der Waals surface area contributed by atoms with Crippen molar-refractivity contribution in [3.63, 3.8) is 0 Å². The molecule has 5 heteroatoms. The summed E-state index contributed by atoms with van der Waals surface area (Å²) in [6.45, 7) is 21.5. The zero-order chi connectivity index (χ0) is 48.1. The Kier molecular flexibility index (Phi) is 13.3. The molecule has 68 heavy (non-hydrogen) atoms. The molecule has 9 aromatic rings. The van der Waals surface area contributed by atoms with Crippen LogP contribution in [0, 0.1) is 12.0 Å². The second-order valence-corrected chi connectivity index (χ2v) is 20.7. The van der Waals surface area contributed by atoms with Gasteiger partial charge in [-0.1, -0.05) is 201 Å². The largest absolute Gasteiger partial charge is 0.507 e. The Bertz CT molecular complexity index is 3280. The van der Waals surface area contributed by atoms with E-state index < -0.39 is 5.89 Å². The number of pyridine rings is 1. The molecule has 9 rings (SSSR count). The molecule has 2 heterocycles. The molecule has 7 aromatic carbocycles. The van der Waals surface area contributed by atoms with Gasteiger partial charge >= 0.3 is 0 Å². The van der Waals surface area contributed by atoms with Crippen molar-refractivity contribution in [2.45, 2.75) is 92.4 Å². The molecular formula is C63H62N3OPt-.